The maximum atomic E-state index is 10.2. The number of aliphatic hydroxyl groups excluding tert-OH is 1. The van der Waals surface area contributed by atoms with Gasteiger partial charge in [-0.25, -0.2) is 0 Å². The van der Waals surface area contributed by atoms with Gasteiger partial charge >= 0.3 is 0 Å². The Hall–Kier alpha value is -1.06. The van der Waals surface area contributed by atoms with Crippen molar-refractivity contribution >= 4 is 0 Å². The Balaban J connectivity index is 2.19. The van der Waals surface area contributed by atoms with E-state index in [1.165, 1.54) is 0 Å². The molecule has 1 aromatic rings. The van der Waals surface area contributed by atoms with E-state index in [1.54, 1.807) is 24.3 Å². The second-order valence-electron chi connectivity index (χ2n) is 4.41. The highest BCUT2D eigenvalue weighted by Gasteiger charge is 2.42. The molecule has 15 heavy (non-hydrogen) atoms. The number of hydrogen-bond donors (Lipinski definition) is 3. The lowest BCUT2D eigenvalue weighted by Crippen LogP contribution is -2.42. The Bertz CT molecular complexity index is 324. The molecule has 1 atom stereocenters. The van der Waals surface area contributed by atoms with Crippen LogP contribution in [0.4, 0.5) is 0 Å². The van der Waals surface area contributed by atoms with Crippen molar-refractivity contribution < 1.29 is 10.2 Å². The highest BCUT2D eigenvalue weighted by Crippen LogP contribution is 2.49. The van der Waals surface area contributed by atoms with E-state index in [-0.39, 0.29) is 11.2 Å². The Morgan fingerprint density at radius 3 is 2.27 bits per heavy atom. The zero-order valence-corrected chi connectivity index (χ0v) is 8.69. The lowest BCUT2D eigenvalue weighted by Gasteiger charge is -2.44. The third-order valence-electron chi connectivity index (χ3n) is 3.54. The van der Waals surface area contributed by atoms with Gasteiger partial charge in [0.05, 0.1) is 6.10 Å². The van der Waals surface area contributed by atoms with Crippen molar-refractivity contribution in [3.05, 3.63) is 29.8 Å². The molecule has 3 nitrogen and oxygen atoms in total. The first-order chi connectivity index (χ1) is 7.18. The van der Waals surface area contributed by atoms with Crippen LogP contribution in [0.3, 0.4) is 0 Å². The van der Waals surface area contributed by atoms with Crippen LogP contribution >= 0.6 is 0 Å². The molecule has 1 aliphatic carbocycles. The van der Waals surface area contributed by atoms with E-state index in [0.29, 0.717) is 6.54 Å². The molecule has 2 rings (SSSR count). The molecule has 82 valence electrons. The van der Waals surface area contributed by atoms with E-state index in [9.17, 15) is 5.11 Å². The van der Waals surface area contributed by atoms with Crippen LogP contribution in [0.25, 0.3) is 0 Å². The van der Waals surface area contributed by atoms with Crippen LogP contribution in [-0.4, -0.2) is 16.8 Å². The van der Waals surface area contributed by atoms with Crippen molar-refractivity contribution in [3.8, 4) is 5.75 Å². The van der Waals surface area contributed by atoms with Crippen LogP contribution in [0.2, 0.25) is 0 Å². The van der Waals surface area contributed by atoms with Gasteiger partial charge in [0.1, 0.15) is 5.75 Å². The summed E-state index contributed by atoms with van der Waals surface area (Å²) in [5.74, 6) is 0.223. The molecule has 0 heterocycles. The van der Waals surface area contributed by atoms with Crippen LogP contribution < -0.4 is 5.73 Å². The van der Waals surface area contributed by atoms with E-state index >= 15 is 0 Å². The number of rotatable bonds is 3. The molecule has 0 bridgehead atoms. The van der Waals surface area contributed by atoms with Crippen molar-refractivity contribution in [1.29, 1.82) is 0 Å². The lowest BCUT2D eigenvalue weighted by atomic mass is 9.63. The summed E-state index contributed by atoms with van der Waals surface area (Å²) in [7, 11) is 0. The fourth-order valence-corrected chi connectivity index (χ4v) is 2.23. The van der Waals surface area contributed by atoms with Gasteiger partial charge in [-0.1, -0.05) is 18.6 Å². The monoisotopic (exact) mass is 207 g/mol. The summed E-state index contributed by atoms with van der Waals surface area (Å²) < 4.78 is 0. The minimum atomic E-state index is -0.503. The van der Waals surface area contributed by atoms with Gasteiger partial charge in [-0.3, -0.25) is 0 Å². The summed E-state index contributed by atoms with van der Waals surface area (Å²) in [5.41, 5.74) is 6.44. The SMILES string of the molecule is NCC1(C(O)c2ccc(O)cc2)CCC1. The van der Waals surface area contributed by atoms with Crippen LogP contribution in [0.1, 0.15) is 30.9 Å². The van der Waals surface area contributed by atoms with Gasteiger partial charge in [0.25, 0.3) is 0 Å². The predicted octanol–water partition coefficient (Wildman–Crippen LogP) is 1.55. The lowest BCUT2D eigenvalue weighted by molar-refractivity contribution is -0.0297. The van der Waals surface area contributed by atoms with Gasteiger partial charge in [0.15, 0.2) is 0 Å². The summed E-state index contributed by atoms with van der Waals surface area (Å²) in [6.45, 7) is 0.523. The van der Waals surface area contributed by atoms with Crippen molar-refractivity contribution in [2.45, 2.75) is 25.4 Å². The van der Waals surface area contributed by atoms with Gasteiger partial charge in [-0.05, 0) is 30.5 Å². The predicted molar refractivity (Wildman–Crippen MR) is 58.4 cm³/mol. The average Bonchev–Trinajstić information content (AvgIpc) is 2.18. The second-order valence-corrected chi connectivity index (χ2v) is 4.41. The number of aromatic hydroxyl groups is 1. The summed E-state index contributed by atoms with van der Waals surface area (Å²) in [6.07, 6.45) is 2.63. The number of phenolic OH excluding ortho intramolecular Hbond substituents is 1. The van der Waals surface area contributed by atoms with E-state index in [4.69, 9.17) is 10.8 Å². The minimum Gasteiger partial charge on any atom is -0.508 e. The molecule has 1 aromatic carbocycles. The maximum Gasteiger partial charge on any atom is 0.115 e. The zero-order valence-electron chi connectivity index (χ0n) is 8.69. The summed E-state index contributed by atoms with van der Waals surface area (Å²) >= 11 is 0. The Morgan fingerprint density at radius 2 is 1.87 bits per heavy atom. The van der Waals surface area contributed by atoms with Crippen LogP contribution in [0.15, 0.2) is 24.3 Å². The molecule has 0 spiro atoms. The summed E-state index contributed by atoms with van der Waals surface area (Å²) in [6, 6.07) is 6.72. The zero-order chi connectivity index (χ0) is 10.9. The molecular weight excluding hydrogens is 190 g/mol. The van der Waals surface area contributed by atoms with Crippen molar-refractivity contribution in [1.82, 2.24) is 0 Å². The van der Waals surface area contributed by atoms with Gasteiger partial charge in [-0.2, -0.15) is 0 Å². The first-order valence-electron chi connectivity index (χ1n) is 5.35. The number of nitrogens with two attached hydrogens (primary N) is 1. The highest BCUT2D eigenvalue weighted by molar-refractivity contribution is 5.28. The van der Waals surface area contributed by atoms with E-state index in [2.05, 4.69) is 0 Å². The van der Waals surface area contributed by atoms with Gasteiger partial charge in [-0.15, -0.1) is 0 Å². The molecular formula is C12H17NO2. The highest BCUT2D eigenvalue weighted by atomic mass is 16.3. The third-order valence-corrected chi connectivity index (χ3v) is 3.54. The first kappa shape index (κ1) is 10.5. The van der Waals surface area contributed by atoms with Crippen LogP contribution in [-0.2, 0) is 0 Å². The fraction of sp³-hybridized carbons (Fsp3) is 0.500. The number of aliphatic hydroxyl groups is 1. The average molecular weight is 207 g/mol. The van der Waals surface area contributed by atoms with Gasteiger partial charge < -0.3 is 15.9 Å². The summed E-state index contributed by atoms with van der Waals surface area (Å²) in [5, 5.41) is 19.4. The molecule has 1 saturated carbocycles. The quantitative estimate of drug-likeness (QED) is 0.704. The molecule has 1 fully saturated rings. The fourth-order valence-electron chi connectivity index (χ4n) is 2.23. The molecule has 0 radical (unpaired) electrons. The van der Waals surface area contributed by atoms with Gasteiger partial charge in [0, 0.05) is 12.0 Å². The molecule has 1 unspecified atom stereocenters. The minimum absolute atomic E-state index is 0.128. The first-order valence-corrected chi connectivity index (χ1v) is 5.35. The molecule has 0 amide bonds. The smallest absolute Gasteiger partial charge is 0.115 e. The van der Waals surface area contributed by atoms with Crippen molar-refractivity contribution in [2.24, 2.45) is 11.1 Å². The third kappa shape index (κ3) is 1.73. The largest absolute Gasteiger partial charge is 0.508 e. The van der Waals surface area contributed by atoms with Crippen LogP contribution in [0.5, 0.6) is 5.75 Å². The van der Waals surface area contributed by atoms with Crippen molar-refractivity contribution in [2.75, 3.05) is 6.54 Å². The molecule has 3 heteroatoms. The number of hydrogen-bond acceptors (Lipinski definition) is 3. The molecule has 1 aliphatic rings. The Morgan fingerprint density at radius 1 is 1.27 bits per heavy atom. The molecule has 0 aromatic heterocycles. The van der Waals surface area contributed by atoms with Crippen molar-refractivity contribution in [3.63, 3.8) is 0 Å². The second kappa shape index (κ2) is 3.83. The normalized spacial score (nSPS) is 20.7. The Labute approximate surface area is 89.5 Å². The van der Waals surface area contributed by atoms with E-state index in [0.717, 1.165) is 24.8 Å². The molecule has 0 saturated heterocycles. The maximum absolute atomic E-state index is 10.2. The topological polar surface area (TPSA) is 66.5 Å². The van der Waals surface area contributed by atoms with E-state index < -0.39 is 6.10 Å². The van der Waals surface area contributed by atoms with Crippen LogP contribution in [0, 0.1) is 5.41 Å². The van der Waals surface area contributed by atoms with Gasteiger partial charge in [0.2, 0.25) is 0 Å². The molecule has 4 N–H and O–H groups in total. The molecule has 0 aliphatic heterocycles. The van der Waals surface area contributed by atoms with E-state index in [1.807, 2.05) is 0 Å². The summed E-state index contributed by atoms with van der Waals surface area (Å²) in [4.78, 5) is 0. The standard InChI is InChI=1S/C12H17NO2/c13-8-12(6-1-7-12)11(15)9-2-4-10(14)5-3-9/h2-5,11,14-15H,1,6-8,13H2. The number of phenols is 1. The number of benzene rings is 1. The Kier molecular flexibility index (Phi) is 2.67.